The Morgan fingerprint density at radius 1 is 1.44 bits per heavy atom. The maximum Gasteiger partial charge on any atom is 0.338 e. The third-order valence-electron chi connectivity index (χ3n) is 2.28. The zero-order valence-corrected chi connectivity index (χ0v) is 10.7. The van der Waals surface area contributed by atoms with Gasteiger partial charge in [-0.3, -0.25) is 0 Å². The summed E-state index contributed by atoms with van der Waals surface area (Å²) >= 11 is 3.16. The molecule has 2 N–H and O–H groups in total. The van der Waals surface area contributed by atoms with E-state index in [0.29, 0.717) is 15.9 Å². The van der Waals surface area contributed by atoms with Crippen molar-refractivity contribution in [3.8, 4) is 0 Å². The molecule has 94 valence electrons. The fourth-order valence-electron chi connectivity index (χ4n) is 1.40. The van der Waals surface area contributed by atoms with E-state index in [4.69, 9.17) is 9.52 Å². The van der Waals surface area contributed by atoms with E-state index >= 15 is 0 Å². The highest BCUT2D eigenvalue weighted by atomic mass is 79.9. The van der Waals surface area contributed by atoms with Gasteiger partial charge in [0.15, 0.2) is 0 Å². The van der Waals surface area contributed by atoms with Crippen LogP contribution in [-0.2, 0) is 6.54 Å². The average molecular weight is 314 g/mol. The largest absolute Gasteiger partial charge is 0.478 e. The molecule has 0 amide bonds. The molecule has 18 heavy (non-hydrogen) atoms. The fraction of sp³-hybridized carbons (Fsp3) is 0.0833. The molecule has 0 atom stereocenters. The van der Waals surface area contributed by atoms with E-state index in [0.717, 1.165) is 6.26 Å². The van der Waals surface area contributed by atoms with Gasteiger partial charge in [0.1, 0.15) is 17.8 Å². The van der Waals surface area contributed by atoms with Crippen molar-refractivity contribution in [3.63, 3.8) is 0 Å². The molecule has 2 aromatic rings. The highest BCUT2D eigenvalue weighted by Gasteiger charge is 2.09. The first kappa shape index (κ1) is 12.6. The quantitative estimate of drug-likeness (QED) is 0.907. The minimum absolute atomic E-state index is 0.0723. The molecule has 1 aromatic carbocycles. The summed E-state index contributed by atoms with van der Waals surface area (Å²) < 4.78 is 19.2. The van der Waals surface area contributed by atoms with Gasteiger partial charge >= 0.3 is 5.97 Å². The van der Waals surface area contributed by atoms with E-state index in [1.54, 1.807) is 12.1 Å². The topological polar surface area (TPSA) is 62.5 Å². The minimum atomic E-state index is -1.06. The van der Waals surface area contributed by atoms with Gasteiger partial charge < -0.3 is 14.8 Å². The lowest BCUT2D eigenvalue weighted by Gasteiger charge is -2.05. The Labute approximate surface area is 111 Å². The third kappa shape index (κ3) is 2.89. The molecule has 0 aliphatic rings. The number of aromatic carboxylic acids is 1. The number of hydrogen-bond donors (Lipinski definition) is 2. The molecule has 1 aromatic heterocycles. The van der Waals surface area contributed by atoms with Crippen molar-refractivity contribution < 1.29 is 18.7 Å². The van der Waals surface area contributed by atoms with E-state index in [-0.39, 0.29) is 12.1 Å². The molecule has 0 aliphatic carbocycles. The van der Waals surface area contributed by atoms with Gasteiger partial charge in [0.2, 0.25) is 0 Å². The van der Waals surface area contributed by atoms with Crippen LogP contribution in [0.4, 0.5) is 10.1 Å². The van der Waals surface area contributed by atoms with Crippen LogP contribution >= 0.6 is 15.9 Å². The molecule has 6 heteroatoms. The highest BCUT2D eigenvalue weighted by molar-refractivity contribution is 9.10. The number of hydrogen-bond acceptors (Lipinski definition) is 3. The standard InChI is InChI=1S/C12H9BrFNO3/c13-8-1-2-11(10(14)4-8)15-5-9-3-7(6-18-9)12(16)17/h1-4,6,15H,5H2,(H,16,17). The number of furan rings is 1. The van der Waals surface area contributed by atoms with Crippen LogP contribution in [0.3, 0.4) is 0 Å². The lowest BCUT2D eigenvalue weighted by Crippen LogP contribution is -2.00. The summed E-state index contributed by atoms with van der Waals surface area (Å²) in [4.78, 5) is 10.6. The number of carboxylic acids is 1. The van der Waals surface area contributed by atoms with Crippen LogP contribution in [0.25, 0.3) is 0 Å². The van der Waals surface area contributed by atoms with Gasteiger partial charge in [-0.15, -0.1) is 0 Å². The first-order valence-electron chi connectivity index (χ1n) is 5.06. The number of halogens is 2. The van der Waals surface area contributed by atoms with Crippen LogP contribution in [-0.4, -0.2) is 11.1 Å². The Morgan fingerprint density at radius 3 is 2.83 bits per heavy atom. The molecule has 0 radical (unpaired) electrons. The molecule has 0 bridgehead atoms. The van der Waals surface area contributed by atoms with Crippen molar-refractivity contribution in [2.75, 3.05) is 5.32 Å². The molecule has 0 unspecified atom stereocenters. The number of carboxylic acid groups (broad SMARTS) is 1. The molecule has 4 nitrogen and oxygen atoms in total. The predicted molar refractivity (Wildman–Crippen MR) is 67.1 cm³/mol. The Hall–Kier alpha value is -1.82. The second kappa shape index (κ2) is 5.22. The maximum absolute atomic E-state index is 13.5. The minimum Gasteiger partial charge on any atom is -0.478 e. The van der Waals surface area contributed by atoms with Gasteiger partial charge in [0.25, 0.3) is 0 Å². The molecule has 0 aliphatic heterocycles. The summed E-state index contributed by atoms with van der Waals surface area (Å²) in [5.41, 5.74) is 0.398. The van der Waals surface area contributed by atoms with E-state index in [9.17, 15) is 9.18 Å². The lowest BCUT2D eigenvalue weighted by atomic mass is 10.3. The monoisotopic (exact) mass is 313 g/mol. The molecule has 0 saturated carbocycles. The number of carbonyl (C=O) groups is 1. The van der Waals surface area contributed by atoms with Crippen LogP contribution in [0.2, 0.25) is 0 Å². The maximum atomic E-state index is 13.5. The van der Waals surface area contributed by atoms with E-state index in [1.165, 1.54) is 12.1 Å². The predicted octanol–water partition coefficient (Wildman–Crippen LogP) is 3.49. The fourth-order valence-corrected chi connectivity index (χ4v) is 1.73. The summed E-state index contributed by atoms with van der Waals surface area (Å²) in [6.45, 7) is 0.214. The summed E-state index contributed by atoms with van der Waals surface area (Å²) in [5.74, 6) is -1.02. The molecule has 0 spiro atoms. The molecule has 0 saturated heterocycles. The van der Waals surface area contributed by atoms with Crippen molar-refractivity contribution in [1.29, 1.82) is 0 Å². The van der Waals surface area contributed by atoms with Crippen LogP contribution in [0.5, 0.6) is 0 Å². The highest BCUT2D eigenvalue weighted by Crippen LogP contribution is 2.20. The van der Waals surface area contributed by atoms with E-state index < -0.39 is 11.8 Å². The summed E-state index contributed by atoms with van der Waals surface area (Å²) in [6.07, 6.45) is 1.15. The SMILES string of the molecule is O=C(O)c1coc(CNc2ccc(Br)cc2F)c1. The Balaban J connectivity index is 2.04. The van der Waals surface area contributed by atoms with Crippen molar-refractivity contribution in [1.82, 2.24) is 0 Å². The molecular formula is C12H9BrFNO3. The van der Waals surface area contributed by atoms with Gasteiger partial charge in [-0.25, -0.2) is 9.18 Å². The number of rotatable bonds is 4. The van der Waals surface area contributed by atoms with Crippen LogP contribution < -0.4 is 5.32 Å². The van der Waals surface area contributed by atoms with Crippen LogP contribution in [0, 0.1) is 5.82 Å². The normalized spacial score (nSPS) is 10.3. The first-order valence-corrected chi connectivity index (χ1v) is 5.85. The van der Waals surface area contributed by atoms with Crippen LogP contribution in [0.15, 0.2) is 39.4 Å². The smallest absolute Gasteiger partial charge is 0.338 e. The van der Waals surface area contributed by atoms with Crippen molar-refractivity contribution in [3.05, 3.63) is 52.1 Å². The second-order valence-corrected chi connectivity index (χ2v) is 4.50. The van der Waals surface area contributed by atoms with Gasteiger partial charge in [-0.2, -0.15) is 0 Å². The Morgan fingerprint density at radius 2 is 2.22 bits per heavy atom. The number of benzene rings is 1. The number of anilines is 1. The summed E-state index contributed by atoms with van der Waals surface area (Å²) in [5, 5.41) is 11.5. The van der Waals surface area contributed by atoms with Gasteiger partial charge in [-0.1, -0.05) is 15.9 Å². The van der Waals surface area contributed by atoms with Crippen molar-refractivity contribution in [2.45, 2.75) is 6.54 Å². The van der Waals surface area contributed by atoms with E-state index in [2.05, 4.69) is 21.2 Å². The molecule has 0 fully saturated rings. The summed E-state index contributed by atoms with van der Waals surface area (Å²) in [7, 11) is 0. The zero-order valence-electron chi connectivity index (χ0n) is 9.11. The molecule has 1 heterocycles. The summed E-state index contributed by atoms with van der Waals surface area (Å²) in [6, 6.07) is 6.02. The second-order valence-electron chi connectivity index (χ2n) is 3.58. The third-order valence-corrected chi connectivity index (χ3v) is 2.78. The van der Waals surface area contributed by atoms with Gasteiger partial charge in [-0.05, 0) is 24.3 Å². The number of nitrogens with one attached hydrogen (secondary N) is 1. The average Bonchev–Trinajstić information content (AvgIpc) is 2.76. The first-order chi connectivity index (χ1) is 8.56. The molecule has 2 rings (SSSR count). The Bertz CT molecular complexity index is 582. The van der Waals surface area contributed by atoms with Crippen molar-refractivity contribution in [2.24, 2.45) is 0 Å². The zero-order chi connectivity index (χ0) is 13.1. The van der Waals surface area contributed by atoms with Gasteiger partial charge in [0, 0.05) is 4.47 Å². The molecular weight excluding hydrogens is 305 g/mol. The Kier molecular flexibility index (Phi) is 3.66. The van der Waals surface area contributed by atoms with Crippen molar-refractivity contribution >= 4 is 27.6 Å². The van der Waals surface area contributed by atoms with E-state index in [1.807, 2.05) is 0 Å². The lowest BCUT2D eigenvalue weighted by molar-refractivity contribution is 0.0696. The van der Waals surface area contributed by atoms with Crippen LogP contribution in [0.1, 0.15) is 16.1 Å². The van der Waals surface area contributed by atoms with Gasteiger partial charge in [0.05, 0.1) is 17.8 Å².